The lowest BCUT2D eigenvalue weighted by atomic mass is 9.47. The van der Waals surface area contributed by atoms with Gasteiger partial charge >= 0.3 is 0 Å². The third kappa shape index (κ3) is 1.80. The first-order valence-corrected chi connectivity index (χ1v) is 10.5. The summed E-state index contributed by atoms with van der Waals surface area (Å²) in [6.07, 6.45) is 9.92. The molecule has 0 unspecified atom stereocenters. The number of allylic oxidation sites excluding steroid dienone is 2. The molecule has 4 fully saturated rings. The first-order valence-electron chi connectivity index (χ1n) is 9.98. The van der Waals surface area contributed by atoms with E-state index >= 15 is 0 Å². The Morgan fingerprint density at radius 3 is 2.85 bits per heavy atom. The highest BCUT2D eigenvalue weighted by molar-refractivity contribution is 6.28. The Hall–Kier alpha value is -0.930. The normalized spacial score (nSPS) is 53.9. The summed E-state index contributed by atoms with van der Waals surface area (Å²) in [4.78, 5) is 24.6. The number of epoxide rings is 1. The van der Waals surface area contributed by atoms with Crippen LogP contribution in [0.25, 0.3) is 0 Å². The lowest BCUT2D eigenvalue weighted by Gasteiger charge is -2.54. The van der Waals surface area contributed by atoms with Crippen molar-refractivity contribution >= 4 is 23.2 Å². The first kappa shape index (κ1) is 17.2. The topological polar surface area (TPSA) is 46.7 Å². The molecule has 0 bridgehead atoms. The molecule has 0 aromatic rings. The van der Waals surface area contributed by atoms with Gasteiger partial charge in [0, 0.05) is 11.3 Å². The van der Waals surface area contributed by atoms with Gasteiger partial charge in [-0.2, -0.15) is 0 Å². The van der Waals surface area contributed by atoms with Gasteiger partial charge in [-0.15, -0.1) is 11.6 Å². The van der Waals surface area contributed by atoms with E-state index in [1.165, 1.54) is 5.57 Å². The first-order chi connectivity index (χ1) is 12.3. The van der Waals surface area contributed by atoms with Crippen molar-refractivity contribution < 1.29 is 14.3 Å². The second-order valence-corrected chi connectivity index (χ2v) is 10.0. The molecule has 0 amide bonds. The Balaban J connectivity index is 1.57. The van der Waals surface area contributed by atoms with Crippen LogP contribution in [0, 0.1) is 34.5 Å². The number of ether oxygens (including phenoxy) is 1. The van der Waals surface area contributed by atoms with Gasteiger partial charge < -0.3 is 4.74 Å². The molecule has 1 saturated heterocycles. The molecule has 0 N–H and O–H groups in total. The summed E-state index contributed by atoms with van der Waals surface area (Å²) >= 11 is 5.97. The number of carbonyl (C=O) groups excluding carboxylic acids is 2. The maximum Gasteiger partial charge on any atom is 0.178 e. The summed E-state index contributed by atoms with van der Waals surface area (Å²) < 4.78 is 6.53. The Labute approximate surface area is 160 Å². The monoisotopic (exact) mass is 374 g/mol. The fraction of sp³-hybridized carbons (Fsp3) is 0.727. The number of carbonyl (C=O) groups is 2. The van der Waals surface area contributed by atoms with Crippen molar-refractivity contribution in [2.75, 3.05) is 5.88 Å². The number of ketones is 2. The van der Waals surface area contributed by atoms with Gasteiger partial charge in [0.1, 0.15) is 5.60 Å². The average Bonchev–Trinajstić information content (AvgIpc) is 3.24. The molecule has 0 radical (unpaired) electrons. The SMILES string of the molecule is C[C@@H]1C[C@H]2[C@@H]3CCC4=CC(=O)C=C[C@]4(C)[C@@]34O[C@H]4C[C@]2(C)[C@H]1C(=O)CCl. The van der Waals surface area contributed by atoms with E-state index in [9.17, 15) is 9.59 Å². The van der Waals surface area contributed by atoms with Gasteiger partial charge in [-0.1, -0.05) is 25.5 Å². The molecular weight excluding hydrogens is 348 g/mol. The number of alkyl halides is 1. The molecule has 1 spiro atoms. The third-order valence-corrected chi connectivity index (χ3v) is 9.02. The van der Waals surface area contributed by atoms with Crippen molar-refractivity contribution in [3.8, 4) is 0 Å². The van der Waals surface area contributed by atoms with Crippen LogP contribution in [0.1, 0.15) is 46.5 Å². The highest BCUT2D eigenvalue weighted by Crippen LogP contribution is 2.75. The molecule has 0 aromatic heterocycles. The van der Waals surface area contributed by atoms with Gasteiger partial charge in [-0.3, -0.25) is 9.59 Å². The van der Waals surface area contributed by atoms with Gasteiger partial charge in [0.15, 0.2) is 11.6 Å². The highest BCUT2D eigenvalue weighted by Gasteiger charge is 2.79. The number of fused-ring (bicyclic) bond motifs is 3. The van der Waals surface area contributed by atoms with Crippen LogP contribution in [0.15, 0.2) is 23.8 Å². The maximum absolute atomic E-state index is 12.7. The van der Waals surface area contributed by atoms with Crippen LogP contribution in [0.4, 0.5) is 0 Å². The largest absolute Gasteiger partial charge is 0.364 e. The number of hydrogen-bond donors (Lipinski definition) is 0. The van der Waals surface area contributed by atoms with Gasteiger partial charge in [-0.05, 0) is 67.9 Å². The fourth-order valence-electron chi connectivity index (χ4n) is 7.78. The van der Waals surface area contributed by atoms with Crippen LogP contribution in [-0.2, 0) is 14.3 Å². The third-order valence-electron chi connectivity index (χ3n) is 8.75. The van der Waals surface area contributed by atoms with E-state index < -0.39 is 0 Å². The fourth-order valence-corrected chi connectivity index (χ4v) is 7.95. The minimum atomic E-state index is -0.173. The van der Waals surface area contributed by atoms with Crippen LogP contribution in [0.3, 0.4) is 0 Å². The number of halogens is 1. The van der Waals surface area contributed by atoms with Crippen molar-refractivity contribution in [1.82, 2.24) is 0 Å². The van der Waals surface area contributed by atoms with Crippen LogP contribution in [-0.4, -0.2) is 29.2 Å². The van der Waals surface area contributed by atoms with Crippen molar-refractivity contribution in [2.45, 2.75) is 58.2 Å². The zero-order valence-electron chi connectivity index (χ0n) is 15.8. The Morgan fingerprint density at radius 2 is 2.12 bits per heavy atom. The van der Waals surface area contributed by atoms with E-state index in [2.05, 4.69) is 26.8 Å². The lowest BCUT2D eigenvalue weighted by Crippen LogP contribution is -2.57. The second-order valence-electron chi connectivity index (χ2n) is 9.76. The summed E-state index contributed by atoms with van der Waals surface area (Å²) in [5.41, 5.74) is 0.892. The molecule has 1 aliphatic heterocycles. The van der Waals surface area contributed by atoms with Gasteiger partial charge in [0.2, 0.25) is 0 Å². The van der Waals surface area contributed by atoms with Crippen molar-refractivity contribution in [3.63, 3.8) is 0 Å². The van der Waals surface area contributed by atoms with Crippen LogP contribution < -0.4 is 0 Å². The molecule has 4 heteroatoms. The summed E-state index contributed by atoms with van der Waals surface area (Å²) in [5.74, 6) is 1.84. The van der Waals surface area contributed by atoms with Gasteiger partial charge in [0.25, 0.3) is 0 Å². The summed E-state index contributed by atoms with van der Waals surface area (Å²) in [6, 6.07) is 0. The average molecular weight is 375 g/mol. The Kier molecular flexibility index (Phi) is 3.38. The molecule has 5 rings (SSSR count). The van der Waals surface area contributed by atoms with E-state index in [-0.39, 0.29) is 45.9 Å². The van der Waals surface area contributed by atoms with Crippen molar-refractivity contribution in [3.05, 3.63) is 23.8 Å². The molecule has 1 heterocycles. The quantitative estimate of drug-likeness (QED) is 0.540. The Bertz CT molecular complexity index is 769. The predicted molar refractivity (Wildman–Crippen MR) is 99.9 cm³/mol. The predicted octanol–water partition coefficient (Wildman–Crippen LogP) is 4.10. The second kappa shape index (κ2) is 5.11. The standard InChI is InChI=1S/C22H27ClO3/c1-12-8-16-15-5-4-13-9-14(24)6-7-21(13,3)22(15)18(26-22)10-20(16,2)19(12)17(25)11-23/h6-7,9,12,15-16,18-19H,4-5,8,10-11H2,1-3H3/t12-,15+,16+,18+,19-,20+,21+,22-/m1/s1. The minimum absolute atomic E-state index is 0.00744. The number of Topliss-reactive ketones (excluding diaryl/α,β-unsaturated/α-hetero) is 1. The van der Waals surface area contributed by atoms with Gasteiger partial charge in [0.05, 0.1) is 12.0 Å². The van der Waals surface area contributed by atoms with E-state index in [1.54, 1.807) is 6.08 Å². The smallest absolute Gasteiger partial charge is 0.178 e. The van der Waals surface area contributed by atoms with Crippen molar-refractivity contribution in [1.29, 1.82) is 0 Å². The van der Waals surface area contributed by atoms with E-state index in [1.807, 2.05) is 6.08 Å². The molecule has 4 aliphatic carbocycles. The van der Waals surface area contributed by atoms with Crippen LogP contribution in [0.2, 0.25) is 0 Å². The van der Waals surface area contributed by atoms with Gasteiger partial charge in [-0.25, -0.2) is 0 Å². The van der Waals surface area contributed by atoms with E-state index in [0.29, 0.717) is 17.8 Å². The molecule has 26 heavy (non-hydrogen) atoms. The zero-order chi connectivity index (χ0) is 18.5. The van der Waals surface area contributed by atoms with Crippen LogP contribution >= 0.6 is 11.6 Å². The minimum Gasteiger partial charge on any atom is -0.364 e. The molecule has 3 saturated carbocycles. The van der Waals surface area contributed by atoms with E-state index in [4.69, 9.17) is 16.3 Å². The molecule has 3 nitrogen and oxygen atoms in total. The lowest BCUT2D eigenvalue weighted by molar-refractivity contribution is -0.127. The molecule has 8 atom stereocenters. The number of hydrogen-bond acceptors (Lipinski definition) is 3. The summed E-state index contributed by atoms with van der Waals surface area (Å²) in [7, 11) is 0. The van der Waals surface area contributed by atoms with Crippen molar-refractivity contribution in [2.24, 2.45) is 34.5 Å². The molecule has 0 aromatic carbocycles. The molecule has 5 aliphatic rings. The highest BCUT2D eigenvalue weighted by atomic mass is 35.5. The number of rotatable bonds is 2. The molecule has 140 valence electrons. The summed E-state index contributed by atoms with van der Waals surface area (Å²) in [5, 5.41) is 0. The maximum atomic E-state index is 12.7. The summed E-state index contributed by atoms with van der Waals surface area (Å²) in [6.45, 7) is 6.80. The zero-order valence-corrected chi connectivity index (χ0v) is 16.5. The Morgan fingerprint density at radius 1 is 1.35 bits per heavy atom. The molecular formula is C22H27ClO3. The van der Waals surface area contributed by atoms with E-state index in [0.717, 1.165) is 25.7 Å². The van der Waals surface area contributed by atoms with Crippen LogP contribution in [0.5, 0.6) is 0 Å².